The van der Waals surface area contributed by atoms with Crippen LogP contribution in [-0.4, -0.2) is 28.2 Å². The molecule has 0 amide bonds. The van der Waals surface area contributed by atoms with Crippen molar-refractivity contribution in [1.29, 1.82) is 0 Å². The summed E-state index contributed by atoms with van der Waals surface area (Å²) in [5.74, 6) is 0. The Morgan fingerprint density at radius 1 is 1.32 bits per heavy atom. The molecule has 0 saturated carbocycles. The molecular formula is C11H14BClN2O4. The molecule has 0 radical (unpaired) electrons. The van der Waals surface area contributed by atoms with Gasteiger partial charge in [-0.05, 0) is 27.7 Å². The number of nitro groups is 1. The highest BCUT2D eigenvalue weighted by Gasteiger charge is 2.52. The Morgan fingerprint density at radius 2 is 1.84 bits per heavy atom. The van der Waals surface area contributed by atoms with Gasteiger partial charge in [0, 0.05) is 17.7 Å². The second-order valence-corrected chi connectivity index (χ2v) is 5.78. The van der Waals surface area contributed by atoms with Crippen LogP contribution in [0, 0.1) is 10.1 Å². The van der Waals surface area contributed by atoms with Gasteiger partial charge in [0.25, 0.3) is 0 Å². The molecule has 6 nitrogen and oxygen atoms in total. The van der Waals surface area contributed by atoms with Gasteiger partial charge in [-0.25, -0.2) is 4.98 Å². The minimum absolute atomic E-state index is 0.148. The minimum Gasteiger partial charge on any atom is -0.399 e. The van der Waals surface area contributed by atoms with Crippen LogP contribution < -0.4 is 5.46 Å². The zero-order valence-corrected chi connectivity index (χ0v) is 11.9. The van der Waals surface area contributed by atoms with Crippen molar-refractivity contribution in [3.05, 3.63) is 27.5 Å². The predicted molar refractivity (Wildman–Crippen MR) is 71.6 cm³/mol. The third-order valence-electron chi connectivity index (χ3n) is 3.56. The van der Waals surface area contributed by atoms with Gasteiger partial charge in [0.2, 0.25) is 5.15 Å². The van der Waals surface area contributed by atoms with Crippen molar-refractivity contribution in [1.82, 2.24) is 4.98 Å². The number of halogens is 1. The quantitative estimate of drug-likeness (QED) is 0.359. The largest absolute Gasteiger partial charge is 0.496 e. The Labute approximate surface area is 116 Å². The summed E-state index contributed by atoms with van der Waals surface area (Å²) >= 11 is 5.68. The molecule has 0 spiro atoms. The van der Waals surface area contributed by atoms with E-state index in [1.165, 1.54) is 12.3 Å². The Hall–Kier alpha value is -1.18. The second-order valence-electron chi connectivity index (χ2n) is 5.42. The monoisotopic (exact) mass is 284 g/mol. The van der Waals surface area contributed by atoms with E-state index in [4.69, 9.17) is 20.9 Å². The van der Waals surface area contributed by atoms with Crippen LogP contribution in [-0.2, 0) is 9.31 Å². The van der Waals surface area contributed by atoms with Crippen LogP contribution in [0.25, 0.3) is 0 Å². The van der Waals surface area contributed by atoms with Crippen LogP contribution in [0.1, 0.15) is 27.7 Å². The van der Waals surface area contributed by atoms with E-state index in [1.54, 1.807) is 0 Å². The van der Waals surface area contributed by atoms with Gasteiger partial charge in [-0.1, -0.05) is 11.6 Å². The number of rotatable bonds is 2. The van der Waals surface area contributed by atoms with E-state index in [-0.39, 0.29) is 10.8 Å². The lowest BCUT2D eigenvalue weighted by Crippen LogP contribution is -2.41. The third kappa shape index (κ3) is 2.45. The second kappa shape index (κ2) is 4.43. The fraction of sp³-hybridized carbons (Fsp3) is 0.545. The van der Waals surface area contributed by atoms with Crippen molar-refractivity contribution in [2.45, 2.75) is 38.9 Å². The lowest BCUT2D eigenvalue weighted by atomic mass is 9.80. The number of hydrogen-bond donors (Lipinski definition) is 0. The Kier molecular flexibility index (Phi) is 3.32. The molecule has 0 aliphatic carbocycles. The zero-order chi connectivity index (χ0) is 14.4. The predicted octanol–water partition coefficient (Wildman–Crippen LogP) is 1.94. The maximum absolute atomic E-state index is 10.8. The van der Waals surface area contributed by atoms with Crippen LogP contribution in [0.4, 0.5) is 5.69 Å². The molecule has 1 fully saturated rings. The van der Waals surface area contributed by atoms with Gasteiger partial charge >= 0.3 is 12.8 Å². The molecule has 2 heterocycles. The van der Waals surface area contributed by atoms with Crippen molar-refractivity contribution in [3.8, 4) is 0 Å². The third-order valence-corrected chi connectivity index (χ3v) is 3.86. The first-order chi connectivity index (χ1) is 8.64. The van der Waals surface area contributed by atoms with Crippen molar-refractivity contribution in [3.63, 3.8) is 0 Å². The first kappa shape index (κ1) is 14.2. The van der Waals surface area contributed by atoms with E-state index in [9.17, 15) is 10.1 Å². The van der Waals surface area contributed by atoms with Gasteiger partial charge in [0.1, 0.15) is 0 Å². The SMILES string of the molecule is CC1(C)OB(c2cnc(Cl)c([N+](=O)[O-])c2)OC1(C)C. The van der Waals surface area contributed by atoms with E-state index in [0.717, 1.165) is 0 Å². The molecule has 0 N–H and O–H groups in total. The van der Waals surface area contributed by atoms with Crippen LogP contribution in [0.5, 0.6) is 0 Å². The molecule has 0 bridgehead atoms. The summed E-state index contributed by atoms with van der Waals surface area (Å²) in [5, 5.41) is 10.7. The summed E-state index contributed by atoms with van der Waals surface area (Å²) in [7, 11) is -0.687. The molecule has 19 heavy (non-hydrogen) atoms. The standard InChI is InChI=1S/C11H14BClN2O4/c1-10(2)11(3,4)19-12(18-10)7-5-8(15(16)17)9(13)14-6-7/h5-6H,1-4H3. The van der Waals surface area contributed by atoms with E-state index < -0.39 is 23.2 Å². The molecule has 1 saturated heterocycles. The van der Waals surface area contributed by atoms with Crippen LogP contribution in [0.3, 0.4) is 0 Å². The first-order valence-corrected chi connectivity index (χ1v) is 6.17. The summed E-state index contributed by atoms with van der Waals surface area (Å²) in [5.41, 5.74) is -0.790. The van der Waals surface area contributed by atoms with E-state index >= 15 is 0 Å². The molecular weight excluding hydrogens is 270 g/mol. The molecule has 1 aromatic rings. The number of pyridine rings is 1. The molecule has 0 atom stereocenters. The van der Waals surface area contributed by atoms with E-state index in [2.05, 4.69) is 4.98 Å². The summed E-state index contributed by atoms with van der Waals surface area (Å²) in [4.78, 5) is 14.1. The number of hydrogen-bond acceptors (Lipinski definition) is 5. The van der Waals surface area contributed by atoms with Crippen LogP contribution >= 0.6 is 11.6 Å². The Balaban J connectivity index is 2.35. The average molecular weight is 285 g/mol. The minimum atomic E-state index is -0.687. The van der Waals surface area contributed by atoms with Crippen molar-refractivity contribution < 1.29 is 14.2 Å². The highest BCUT2D eigenvalue weighted by molar-refractivity contribution is 6.62. The molecule has 1 aliphatic heterocycles. The van der Waals surface area contributed by atoms with Gasteiger partial charge in [0.15, 0.2) is 0 Å². The van der Waals surface area contributed by atoms with Crippen molar-refractivity contribution in [2.75, 3.05) is 0 Å². The van der Waals surface area contributed by atoms with Crippen LogP contribution in [0.15, 0.2) is 12.3 Å². The molecule has 0 unspecified atom stereocenters. The lowest BCUT2D eigenvalue weighted by Gasteiger charge is -2.32. The summed E-state index contributed by atoms with van der Waals surface area (Å²) in [6.07, 6.45) is 1.43. The molecule has 0 aromatic carbocycles. The maximum atomic E-state index is 10.8. The average Bonchev–Trinajstić information content (AvgIpc) is 2.48. The van der Waals surface area contributed by atoms with Gasteiger partial charge < -0.3 is 9.31 Å². The molecule has 1 aliphatic rings. The fourth-order valence-electron chi connectivity index (χ4n) is 1.69. The van der Waals surface area contributed by atoms with E-state index in [1.807, 2.05) is 27.7 Å². The van der Waals surface area contributed by atoms with Gasteiger partial charge in [0.05, 0.1) is 16.1 Å². The van der Waals surface area contributed by atoms with Gasteiger partial charge in [-0.2, -0.15) is 0 Å². The Morgan fingerprint density at radius 3 is 2.32 bits per heavy atom. The zero-order valence-electron chi connectivity index (χ0n) is 11.1. The van der Waals surface area contributed by atoms with E-state index in [0.29, 0.717) is 5.46 Å². The van der Waals surface area contributed by atoms with Gasteiger partial charge in [-0.3, -0.25) is 10.1 Å². The molecule has 8 heteroatoms. The first-order valence-electron chi connectivity index (χ1n) is 5.79. The summed E-state index contributed by atoms with van der Waals surface area (Å²) in [6.45, 7) is 7.63. The fourth-order valence-corrected chi connectivity index (χ4v) is 1.86. The number of aromatic nitrogens is 1. The highest BCUT2D eigenvalue weighted by Crippen LogP contribution is 2.36. The molecule has 2 rings (SSSR count). The Bertz CT molecular complexity index is 519. The van der Waals surface area contributed by atoms with Crippen molar-refractivity contribution >= 4 is 29.9 Å². The number of nitrogens with zero attached hydrogens (tertiary/aromatic N) is 2. The highest BCUT2D eigenvalue weighted by atomic mass is 35.5. The van der Waals surface area contributed by atoms with Gasteiger partial charge in [-0.15, -0.1) is 0 Å². The molecule has 102 valence electrons. The topological polar surface area (TPSA) is 74.5 Å². The van der Waals surface area contributed by atoms with Crippen LogP contribution in [0.2, 0.25) is 5.15 Å². The summed E-state index contributed by atoms with van der Waals surface area (Å²) < 4.78 is 11.6. The maximum Gasteiger partial charge on any atom is 0.496 e. The molecule has 1 aromatic heterocycles. The lowest BCUT2D eigenvalue weighted by molar-refractivity contribution is -0.385. The summed E-state index contributed by atoms with van der Waals surface area (Å²) in [6, 6.07) is 1.33. The van der Waals surface area contributed by atoms with Crippen molar-refractivity contribution in [2.24, 2.45) is 0 Å². The normalized spacial score (nSPS) is 20.6. The smallest absolute Gasteiger partial charge is 0.399 e.